The highest BCUT2D eigenvalue weighted by Gasteiger charge is 2.47. The number of likely N-dealkylation sites (tertiary alicyclic amines) is 1. The number of primary amides is 1. The molecule has 1 aromatic heterocycles. The second-order valence-corrected chi connectivity index (χ2v) is 9.49. The molecule has 8 nitrogen and oxygen atoms in total. The number of halogens is 2. The summed E-state index contributed by atoms with van der Waals surface area (Å²) in [6, 6.07) is 2.18. The number of hydrogen-bond acceptors (Lipinski definition) is 5. The van der Waals surface area contributed by atoms with Crippen LogP contribution in [0.2, 0.25) is 0 Å². The number of nitriles is 1. The second kappa shape index (κ2) is 8.26. The number of amides is 2. The maximum Gasteiger partial charge on any atom is 0.252 e. The molecule has 32 heavy (non-hydrogen) atoms. The number of ketones is 1. The van der Waals surface area contributed by atoms with Gasteiger partial charge in [0.05, 0.1) is 35.7 Å². The first-order valence-corrected chi connectivity index (χ1v) is 11.1. The number of nitrogens with zero attached hydrogens (tertiary/aromatic N) is 4. The molecule has 0 aromatic carbocycles. The monoisotopic (exact) mass is 447 g/mol. The van der Waals surface area contributed by atoms with Gasteiger partial charge in [-0.15, -0.1) is 0 Å². The van der Waals surface area contributed by atoms with Crippen LogP contribution in [0, 0.1) is 23.2 Å². The Morgan fingerprint density at radius 1 is 1.22 bits per heavy atom. The van der Waals surface area contributed by atoms with Crippen LogP contribution >= 0.6 is 0 Å². The molecule has 0 radical (unpaired) electrons. The van der Waals surface area contributed by atoms with Gasteiger partial charge in [0.1, 0.15) is 5.78 Å². The predicted molar refractivity (Wildman–Crippen MR) is 108 cm³/mol. The van der Waals surface area contributed by atoms with E-state index in [4.69, 9.17) is 5.73 Å². The highest BCUT2D eigenvalue weighted by molar-refractivity contribution is 5.95. The number of hydrogen-bond donors (Lipinski definition) is 1. The maximum absolute atomic E-state index is 13.1. The lowest BCUT2D eigenvalue weighted by Crippen LogP contribution is -2.49. The number of carbonyl (C=O) groups is 3. The van der Waals surface area contributed by atoms with Crippen LogP contribution in [0.4, 0.5) is 8.78 Å². The zero-order chi connectivity index (χ0) is 23.1. The summed E-state index contributed by atoms with van der Waals surface area (Å²) in [4.78, 5) is 38.4. The van der Waals surface area contributed by atoms with E-state index in [0.29, 0.717) is 31.6 Å². The van der Waals surface area contributed by atoms with Crippen molar-refractivity contribution in [2.75, 3.05) is 13.1 Å². The van der Waals surface area contributed by atoms with E-state index in [1.165, 1.54) is 6.20 Å². The van der Waals surface area contributed by atoms with Gasteiger partial charge in [-0.25, -0.2) is 8.78 Å². The molecule has 4 rings (SSSR count). The smallest absolute Gasteiger partial charge is 0.252 e. The molecule has 0 atom stereocenters. The van der Waals surface area contributed by atoms with Crippen molar-refractivity contribution in [3.05, 3.63) is 17.5 Å². The fourth-order valence-corrected chi connectivity index (χ4v) is 4.82. The van der Waals surface area contributed by atoms with E-state index in [1.54, 1.807) is 9.58 Å². The summed E-state index contributed by atoms with van der Waals surface area (Å²) in [5.41, 5.74) is 5.30. The van der Waals surface area contributed by atoms with Crippen molar-refractivity contribution in [1.82, 2.24) is 14.7 Å². The number of rotatable bonds is 8. The molecular weight excluding hydrogens is 420 g/mol. The third-order valence-corrected chi connectivity index (χ3v) is 7.01. The Morgan fingerprint density at radius 2 is 1.88 bits per heavy atom. The summed E-state index contributed by atoms with van der Waals surface area (Å²) in [5.74, 6) is -3.69. The molecule has 2 amide bonds. The van der Waals surface area contributed by atoms with Crippen molar-refractivity contribution in [2.45, 2.75) is 69.2 Å². The summed E-state index contributed by atoms with van der Waals surface area (Å²) in [6.45, 7) is 0.734. The highest BCUT2D eigenvalue weighted by atomic mass is 19.3. The van der Waals surface area contributed by atoms with Gasteiger partial charge in [-0.2, -0.15) is 10.4 Å². The lowest BCUT2D eigenvalue weighted by molar-refractivity contribution is -0.143. The second-order valence-electron chi connectivity index (χ2n) is 9.49. The Bertz CT molecular complexity index is 963. The van der Waals surface area contributed by atoms with Crippen LogP contribution in [-0.4, -0.2) is 51.3 Å². The largest absolute Gasteiger partial charge is 0.365 e. The van der Waals surface area contributed by atoms with Gasteiger partial charge < -0.3 is 10.6 Å². The number of nitrogens with two attached hydrogens (primary N) is 1. The molecule has 0 bridgehead atoms. The minimum atomic E-state index is -2.65. The van der Waals surface area contributed by atoms with E-state index >= 15 is 0 Å². The molecule has 1 aliphatic heterocycles. The fourth-order valence-electron chi connectivity index (χ4n) is 4.82. The van der Waals surface area contributed by atoms with Gasteiger partial charge in [-0.05, 0) is 31.6 Å². The van der Waals surface area contributed by atoms with Crippen molar-refractivity contribution >= 4 is 17.6 Å². The van der Waals surface area contributed by atoms with Gasteiger partial charge in [0.2, 0.25) is 11.8 Å². The molecule has 0 unspecified atom stereocenters. The molecule has 2 aliphatic carbocycles. The standard InChI is InChI=1S/C22H27F2N5O3/c23-22(24)11-14(12-22)9-19(31)28-7-4-21(3-6-25,5-8-28)29-13-16(20(26)32)17(27-29)10-18(30)15-1-2-15/h13-15H,1-5,7-12H2,(H2,26,32). The molecule has 2 heterocycles. The van der Waals surface area contributed by atoms with Gasteiger partial charge in [-0.1, -0.05) is 0 Å². The van der Waals surface area contributed by atoms with Crippen LogP contribution in [-0.2, 0) is 21.5 Å². The zero-order valence-electron chi connectivity index (χ0n) is 17.9. The summed E-state index contributed by atoms with van der Waals surface area (Å²) in [5, 5.41) is 14.0. The Morgan fingerprint density at radius 3 is 2.41 bits per heavy atom. The quantitative estimate of drug-likeness (QED) is 0.654. The number of carbonyl (C=O) groups excluding carboxylic acids is 3. The van der Waals surface area contributed by atoms with E-state index in [9.17, 15) is 28.4 Å². The minimum Gasteiger partial charge on any atom is -0.365 e. The van der Waals surface area contributed by atoms with Crippen molar-refractivity contribution < 1.29 is 23.2 Å². The maximum atomic E-state index is 13.1. The lowest BCUT2D eigenvalue weighted by atomic mass is 9.78. The molecule has 1 aromatic rings. The Balaban J connectivity index is 1.46. The Labute approximate surface area is 184 Å². The first-order chi connectivity index (χ1) is 15.1. The van der Waals surface area contributed by atoms with Crippen molar-refractivity contribution in [3.8, 4) is 6.07 Å². The van der Waals surface area contributed by atoms with Crippen LogP contribution < -0.4 is 5.73 Å². The first-order valence-electron chi connectivity index (χ1n) is 11.1. The molecular formula is C22H27F2N5O3. The molecule has 1 saturated heterocycles. The minimum absolute atomic E-state index is 0.0267. The molecule has 2 N–H and O–H groups in total. The van der Waals surface area contributed by atoms with E-state index in [0.717, 1.165) is 12.8 Å². The van der Waals surface area contributed by atoms with Crippen LogP contribution in [0.1, 0.15) is 67.4 Å². The predicted octanol–water partition coefficient (Wildman–Crippen LogP) is 2.17. The zero-order valence-corrected chi connectivity index (χ0v) is 17.9. The number of piperidine rings is 1. The van der Waals surface area contributed by atoms with E-state index < -0.39 is 17.4 Å². The molecule has 3 aliphatic rings. The number of alkyl halides is 2. The van der Waals surface area contributed by atoms with E-state index in [1.807, 2.05) is 0 Å². The highest BCUT2D eigenvalue weighted by Crippen LogP contribution is 2.44. The molecule has 10 heteroatoms. The summed E-state index contributed by atoms with van der Waals surface area (Å²) >= 11 is 0. The summed E-state index contributed by atoms with van der Waals surface area (Å²) < 4.78 is 27.7. The van der Waals surface area contributed by atoms with Crippen LogP contribution in [0.15, 0.2) is 6.20 Å². The van der Waals surface area contributed by atoms with Gasteiger partial charge >= 0.3 is 0 Å². The van der Waals surface area contributed by atoms with Crippen molar-refractivity contribution in [3.63, 3.8) is 0 Å². The van der Waals surface area contributed by atoms with Gasteiger partial charge in [0.25, 0.3) is 5.91 Å². The average Bonchev–Trinajstić information content (AvgIpc) is 3.47. The topological polar surface area (TPSA) is 122 Å². The molecule has 172 valence electrons. The lowest BCUT2D eigenvalue weighted by Gasteiger charge is -2.42. The van der Waals surface area contributed by atoms with E-state index in [-0.39, 0.29) is 61.2 Å². The van der Waals surface area contributed by atoms with Gasteiger partial charge in [0.15, 0.2) is 0 Å². The van der Waals surface area contributed by atoms with Crippen LogP contribution in [0.3, 0.4) is 0 Å². The third-order valence-electron chi connectivity index (χ3n) is 7.01. The summed E-state index contributed by atoms with van der Waals surface area (Å²) in [6.07, 6.45) is 3.89. The normalized spacial score (nSPS) is 22.1. The Kier molecular flexibility index (Phi) is 5.77. The molecule has 0 spiro atoms. The molecule has 3 fully saturated rings. The average molecular weight is 447 g/mol. The number of aromatic nitrogens is 2. The summed E-state index contributed by atoms with van der Waals surface area (Å²) in [7, 11) is 0. The SMILES string of the molecule is N#CCC1(n2cc(C(N)=O)c(CC(=O)C3CC3)n2)CCN(C(=O)CC2CC(F)(F)C2)CC1. The van der Waals surface area contributed by atoms with Crippen molar-refractivity contribution in [1.29, 1.82) is 5.26 Å². The first kappa shape index (κ1) is 22.4. The fraction of sp³-hybridized carbons (Fsp3) is 0.682. The number of Topliss-reactive ketones (excluding diaryl/α,β-unsaturated/α-hetero) is 1. The van der Waals surface area contributed by atoms with Crippen molar-refractivity contribution in [2.24, 2.45) is 17.6 Å². The van der Waals surface area contributed by atoms with Crippen LogP contribution in [0.25, 0.3) is 0 Å². The van der Waals surface area contributed by atoms with Gasteiger partial charge in [-0.3, -0.25) is 19.1 Å². The third kappa shape index (κ3) is 4.52. The van der Waals surface area contributed by atoms with Crippen LogP contribution in [0.5, 0.6) is 0 Å². The Hall–Kier alpha value is -2.83. The van der Waals surface area contributed by atoms with E-state index in [2.05, 4.69) is 11.2 Å². The molecule has 2 saturated carbocycles. The van der Waals surface area contributed by atoms with Gasteiger partial charge in [0, 0.05) is 44.5 Å².